The van der Waals surface area contributed by atoms with Gasteiger partial charge in [-0.3, -0.25) is 9.88 Å². The molecule has 1 aromatic carbocycles. The Hall–Kier alpha value is -2.96. The first kappa shape index (κ1) is 18.1. The van der Waals surface area contributed by atoms with Crippen molar-refractivity contribution in [1.29, 1.82) is 0 Å². The van der Waals surface area contributed by atoms with E-state index >= 15 is 0 Å². The highest BCUT2D eigenvalue weighted by Crippen LogP contribution is 2.28. The van der Waals surface area contributed by atoms with Crippen molar-refractivity contribution in [2.75, 3.05) is 26.3 Å². The molecule has 148 valence electrons. The predicted molar refractivity (Wildman–Crippen MR) is 112 cm³/mol. The molecule has 0 saturated carbocycles. The number of aromatic nitrogens is 3. The average molecular weight is 388 g/mol. The second kappa shape index (κ2) is 7.81. The third-order valence-electron chi connectivity index (χ3n) is 5.44. The molecule has 0 amide bonds. The van der Waals surface area contributed by atoms with E-state index < -0.39 is 0 Å². The van der Waals surface area contributed by atoms with Crippen LogP contribution in [0.4, 0.5) is 0 Å². The lowest BCUT2D eigenvalue weighted by molar-refractivity contribution is 0.0343. The molecular weight excluding hydrogens is 364 g/mol. The van der Waals surface area contributed by atoms with E-state index in [1.807, 2.05) is 36.7 Å². The van der Waals surface area contributed by atoms with Gasteiger partial charge in [0, 0.05) is 43.1 Å². The third-order valence-corrected chi connectivity index (χ3v) is 5.44. The van der Waals surface area contributed by atoms with Crippen LogP contribution in [0, 0.1) is 6.92 Å². The van der Waals surface area contributed by atoms with Gasteiger partial charge >= 0.3 is 0 Å². The van der Waals surface area contributed by atoms with E-state index in [0.29, 0.717) is 6.61 Å². The van der Waals surface area contributed by atoms with Gasteiger partial charge in [-0.15, -0.1) is 0 Å². The molecule has 0 N–H and O–H groups in total. The Morgan fingerprint density at radius 3 is 2.83 bits per heavy atom. The molecule has 6 nitrogen and oxygen atoms in total. The molecule has 0 bridgehead atoms. The Morgan fingerprint density at radius 1 is 1.07 bits per heavy atom. The lowest BCUT2D eigenvalue weighted by Gasteiger charge is -2.27. The molecule has 1 saturated heterocycles. The minimum atomic E-state index is 0.412. The van der Waals surface area contributed by atoms with E-state index in [1.165, 1.54) is 5.56 Å². The first-order valence-corrected chi connectivity index (χ1v) is 10.0. The van der Waals surface area contributed by atoms with Crippen molar-refractivity contribution >= 4 is 16.6 Å². The van der Waals surface area contributed by atoms with Crippen LogP contribution >= 0.6 is 0 Å². The van der Waals surface area contributed by atoms with Gasteiger partial charge in [0.05, 0.1) is 18.9 Å². The molecule has 0 radical (unpaired) electrons. The maximum atomic E-state index is 6.15. The van der Waals surface area contributed by atoms with Crippen LogP contribution in [0.5, 0.6) is 5.75 Å². The molecule has 5 rings (SSSR count). The fourth-order valence-corrected chi connectivity index (χ4v) is 3.88. The first-order valence-electron chi connectivity index (χ1n) is 10.0. The van der Waals surface area contributed by atoms with Crippen molar-refractivity contribution in [3.63, 3.8) is 0 Å². The number of benzene rings is 1. The number of morpholine rings is 1. The number of rotatable bonds is 5. The zero-order chi connectivity index (χ0) is 19.6. The van der Waals surface area contributed by atoms with E-state index in [9.17, 15) is 0 Å². The van der Waals surface area contributed by atoms with Gasteiger partial charge in [0.1, 0.15) is 23.5 Å². The van der Waals surface area contributed by atoms with Crippen LogP contribution in [0.2, 0.25) is 0 Å². The summed E-state index contributed by atoms with van der Waals surface area (Å²) in [5, 5.41) is 1.14. The van der Waals surface area contributed by atoms with Crippen molar-refractivity contribution < 1.29 is 9.47 Å². The fourth-order valence-electron chi connectivity index (χ4n) is 3.88. The molecule has 3 aromatic heterocycles. The minimum absolute atomic E-state index is 0.412. The number of imidazole rings is 1. The molecule has 0 aliphatic carbocycles. The van der Waals surface area contributed by atoms with Gasteiger partial charge in [-0.2, -0.15) is 0 Å². The van der Waals surface area contributed by atoms with Crippen molar-refractivity contribution in [1.82, 2.24) is 19.3 Å². The molecule has 4 heterocycles. The van der Waals surface area contributed by atoms with E-state index in [0.717, 1.165) is 66.5 Å². The molecular formula is C23H24N4O2. The van der Waals surface area contributed by atoms with E-state index in [1.54, 1.807) is 0 Å². The average Bonchev–Trinajstić information content (AvgIpc) is 3.18. The van der Waals surface area contributed by atoms with E-state index in [4.69, 9.17) is 9.47 Å². The molecule has 4 aromatic rings. The Bertz CT molecular complexity index is 1150. The maximum absolute atomic E-state index is 6.15. The Morgan fingerprint density at radius 2 is 1.97 bits per heavy atom. The van der Waals surface area contributed by atoms with Crippen LogP contribution in [0.3, 0.4) is 0 Å². The van der Waals surface area contributed by atoms with Crippen LogP contribution in [0.25, 0.3) is 16.6 Å². The smallest absolute Gasteiger partial charge is 0.146 e. The number of hydrogen-bond acceptors (Lipinski definition) is 5. The molecule has 0 unspecified atom stereocenters. The van der Waals surface area contributed by atoms with Gasteiger partial charge in [-0.05, 0) is 36.8 Å². The summed E-state index contributed by atoms with van der Waals surface area (Å²) >= 11 is 0. The monoisotopic (exact) mass is 388 g/mol. The highest BCUT2D eigenvalue weighted by molar-refractivity contribution is 5.87. The Labute approximate surface area is 169 Å². The standard InChI is InChI=1S/C23H24N4O2/c1-17-4-2-6-22-25-19(15-27(17)22)16-29-21-8-7-18(14-26-10-12-28-13-11-26)20-5-3-9-24-23(20)21/h2-9,15H,10-14,16H2,1H3. The Kier molecular flexibility index (Phi) is 4.87. The quantitative estimate of drug-likeness (QED) is 0.523. The normalized spacial score (nSPS) is 15.2. The van der Waals surface area contributed by atoms with Crippen molar-refractivity contribution in [3.05, 3.63) is 71.8 Å². The SMILES string of the molecule is Cc1cccc2nc(COc3ccc(CN4CCOCC4)c4cccnc34)cn12. The Balaban J connectivity index is 1.39. The summed E-state index contributed by atoms with van der Waals surface area (Å²) in [5.74, 6) is 0.792. The van der Waals surface area contributed by atoms with Gasteiger partial charge in [0.15, 0.2) is 0 Å². The zero-order valence-electron chi connectivity index (χ0n) is 16.5. The predicted octanol–water partition coefficient (Wildman–Crippen LogP) is 3.60. The molecule has 29 heavy (non-hydrogen) atoms. The summed E-state index contributed by atoms with van der Waals surface area (Å²) in [5.41, 5.74) is 5.16. The molecule has 0 atom stereocenters. The first-order chi connectivity index (χ1) is 14.3. The van der Waals surface area contributed by atoms with Gasteiger partial charge in [0.2, 0.25) is 0 Å². The van der Waals surface area contributed by atoms with Crippen LogP contribution in [-0.4, -0.2) is 45.6 Å². The largest absolute Gasteiger partial charge is 0.485 e. The number of aryl methyl sites for hydroxylation is 1. The third kappa shape index (κ3) is 3.69. The second-order valence-corrected chi connectivity index (χ2v) is 7.43. The van der Waals surface area contributed by atoms with Crippen molar-refractivity contribution in [2.24, 2.45) is 0 Å². The number of fused-ring (bicyclic) bond motifs is 2. The van der Waals surface area contributed by atoms with Gasteiger partial charge in [-0.1, -0.05) is 18.2 Å². The van der Waals surface area contributed by atoms with Gasteiger partial charge in [-0.25, -0.2) is 4.98 Å². The summed E-state index contributed by atoms with van der Waals surface area (Å²) in [6, 6.07) is 14.4. The number of ether oxygens (including phenoxy) is 2. The lowest BCUT2D eigenvalue weighted by Crippen LogP contribution is -2.35. The van der Waals surface area contributed by atoms with Gasteiger partial charge in [0.25, 0.3) is 0 Å². The van der Waals surface area contributed by atoms with E-state index in [2.05, 4.69) is 44.4 Å². The minimum Gasteiger partial charge on any atom is -0.485 e. The lowest BCUT2D eigenvalue weighted by atomic mass is 10.1. The van der Waals surface area contributed by atoms with Crippen molar-refractivity contribution in [3.8, 4) is 5.75 Å². The van der Waals surface area contributed by atoms with E-state index in [-0.39, 0.29) is 0 Å². The number of hydrogen-bond donors (Lipinski definition) is 0. The highest BCUT2D eigenvalue weighted by Gasteiger charge is 2.15. The van der Waals surface area contributed by atoms with Crippen molar-refractivity contribution in [2.45, 2.75) is 20.1 Å². The molecule has 1 aliphatic rings. The van der Waals surface area contributed by atoms with Crippen LogP contribution in [0.15, 0.2) is 54.9 Å². The number of nitrogens with zero attached hydrogens (tertiary/aromatic N) is 4. The maximum Gasteiger partial charge on any atom is 0.146 e. The summed E-state index contributed by atoms with van der Waals surface area (Å²) < 4.78 is 13.7. The zero-order valence-corrected chi connectivity index (χ0v) is 16.5. The summed E-state index contributed by atoms with van der Waals surface area (Å²) in [6.45, 7) is 6.92. The summed E-state index contributed by atoms with van der Waals surface area (Å²) in [4.78, 5) is 11.7. The van der Waals surface area contributed by atoms with Gasteiger partial charge < -0.3 is 13.9 Å². The fraction of sp³-hybridized carbons (Fsp3) is 0.304. The second-order valence-electron chi connectivity index (χ2n) is 7.43. The number of pyridine rings is 2. The molecule has 1 fully saturated rings. The topological polar surface area (TPSA) is 51.9 Å². The summed E-state index contributed by atoms with van der Waals surface area (Å²) in [7, 11) is 0. The molecule has 6 heteroatoms. The van der Waals surface area contributed by atoms with Crippen LogP contribution < -0.4 is 4.74 Å². The highest BCUT2D eigenvalue weighted by atomic mass is 16.5. The molecule has 1 aliphatic heterocycles. The van der Waals surface area contributed by atoms with Crippen LogP contribution in [-0.2, 0) is 17.9 Å². The summed E-state index contributed by atoms with van der Waals surface area (Å²) in [6.07, 6.45) is 3.86. The molecule has 0 spiro atoms. The van der Waals surface area contributed by atoms with Crippen LogP contribution in [0.1, 0.15) is 17.0 Å².